The molecule has 0 atom stereocenters. The first-order chi connectivity index (χ1) is 8.77. The molecule has 0 N–H and O–H groups in total. The highest BCUT2D eigenvalue weighted by Gasteiger charge is 2.32. The summed E-state index contributed by atoms with van der Waals surface area (Å²) in [5, 5.41) is 9.23. The van der Waals surface area contributed by atoms with Crippen molar-refractivity contribution in [3.05, 3.63) is 35.4 Å². The summed E-state index contributed by atoms with van der Waals surface area (Å²) in [6.45, 7) is 2.15. The van der Waals surface area contributed by atoms with E-state index in [1.807, 2.05) is 0 Å². The fourth-order valence-corrected chi connectivity index (χ4v) is 3.28. The largest absolute Gasteiger partial charge is 0.198 e. The van der Waals surface area contributed by atoms with E-state index in [-0.39, 0.29) is 5.41 Å². The van der Waals surface area contributed by atoms with Gasteiger partial charge in [-0.1, -0.05) is 61.9 Å². The fraction of sp³-hybridized carbons (Fsp3) is 0.588. The van der Waals surface area contributed by atoms with E-state index in [4.69, 9.17) is 0 Å². The van der Waals surface area contributed by atoms with Gasteiger partial charge >= 0.3 is 0 Å². The fourth-order valence-electron chi connectivity index (χ4n) is 3.28. The first kappa shape index (κ1) is 13.1. The summed E-state index contributed by atoms with van der Waals surface area (Å²) < 4.78 is 0. The zero-order valence-corrected chi connectivity index (χ0v) is 11.4. The lowest BCUT2D eigenvalue weighted by Gasteiger charge is -2.34. The number of nitriles is 1. The first-order valence-corrected chi connectivity index (χ1v) is 7.21. The van der Waals surface area contributed by atoms with Crippen molar-refractivity contribution in [2.24, 2.45) is 0 Å². The van der Waals surface area contributed by atoms with Crippen LogP contribution in [0.25, 0.3) is 0 Å². The van der Waals surface area contributed by atoms with Gasteiger partial charge in [0.05, 0.1) is 6.07 Å². The molecule has 1 fully saturated rings. The van der Waals surface area contributed by atoms with Gasteiger partial charge in [0.1, 0.15) is 0 Å². The van der Waals surface area contributed by atoms with E-state index in [1.165, 1.54) is 56.1 Å². The smallest absolute Gasteiger partial charge is 0.0631 e. The molecule has 1 heteroatoms. The van der Waals surface area contributed by atoms with Crippen molar-refractivity contribution in [1.29, 1.82) is 5.26 Å². The molecule has 2 rings (SSSR count). The lowest BCUT2D eigenvalue weighted by atomic mass is 9.69. The Morgan fingerprint density at radius 1 is 1.11 bits per heavy atom. The van der Waals surface area contributed by atoms with Gasteiger partial charge in [0.2, 0.25) is 0 Å². The van der Waals surface area contributed by atoms with Crippen molar-refractivity contribution in [3.63, 3.8) is 0 Å². The van der Waals surface area contributed by atoms with Gasteiger partial charge < -0.3 is 0 Å². The second kappa shape index (κ2) is 6.05. The maximum atomic E-state index is 9.23. The Kier molecular flexibility index (Phi) is 4.42. The molecule has 0 spiro atoms. The highest BCUT2D eigenvalue weighted by Crippen LogP contribution is 2.40. The van der Waals surface area contributed by atoms with Crippen LogP contribution >= 0.6 is 0 Å². The predicted molar refractivity (Wildman–Crippen MR) is 75.4 cm³/mol. The van der Waals surface area contributed by atoms with Crippen molar-refractivity contribution < 1.29 is 0 Å². The lowest BCUT2D eigenvalue weighted by molar-refractivity contribution is 0.318. The highest BCUT2D eigenvalue weighted by atomic mass is 14.4. The molecule has 0 unspecified atom stereocenters. The predicted octanol–water partition coefficient (Wildman–Crippen LogP) is 4.89. The van der Waals surface area contributed by atoms with Gasteiger partial charge in [0.15, 0.2) is 0 Å². The number of nitrogens with zero attached hydrogens (tertiary/aromatic N) is 1. The summed E-state index contributed by atoms with van der Waals surface area (Å²) in [6.07, 6.45) is 9.63. The van der Waals surface area contributed by atoms with E-state index in [9.17, 15) is 5.26 Å². The molecule has 1 nitrogen and oxygen atoms in total. The molecule has 0 aromatic heterocycles. The third kappa shape index (κ3) is 2.93. The molecule has 1 aromatic rings. The molecule has 1 saturated carbocycles. The van der Waals surface area contributed by atoms with Crippen molar-refractivity contribution >= 4 is 0 Å². The molecule has 0 heterocycles. The Labute approximate surface area is 111 Å². The monoisotopic (exact) mass is 241 g/mol. The summed E-state index contributed by atoms with van der Waals surface area (Å²) in [7, 11) is 0. The van der Waals surface area contributed by atoms with Crippen molar-refractivity contribution in [1.82, 2.24) is 0 Å². The minimum absolute atomic E-state index is 0.126. The third-order valence-corrected chi connectivity index (χ3v) is 4.36. The molecule has 1 aliphatic carbocycles. The molecule has 18 heavy (non-hydrogen) atoms. The second-order valence-corrected chi connectivity index (χ2v) is 5.75. The summed E-state index contributed by atoms with van der Waals surface area (Å²) in [5.41, 5.74) is 2.83. The Morgan fingerprint density at radius 2 is 1.78 bits per heavy atom. The van der Waals surface area contributed by atoms with Gasteiger partial charge in [-0.05, 0) is 25.3 Å². The van der Waals surface area contributed by atoms with Gasteiger partial charge in [-0.25, -0.2) is 0 Å². The van der Waals surface area contributed by atoms with E-state index < -0.39 is 0 Å². The Bertz CT molecular complexity index is 419. The first-order valence-electron chi connectivity index (χ1n) is 7.21. The quantitative estimate of drug-likeness (QED) is 0.723. The maximum absolute atomic E-state index is 9.23. The number of benzene rings is 1. The molecule has 1 aromatic carbocycles. The average Bonchev–Trinajstić information content (AvgIpc) is 2.33. The van der Waals surface area contributed by atoms with Crippen LogP contribution in [0.1, 0.15) is 62.5 Å². The van der Waals surface area contributed by atoms with Crippen LogP contribution < -0.4 is 0 Å². The topological polar surface area (TPSA) is 23.8 Å². The lowest BCUT2D eigenvalue weighted by Crippen LogP contribution is -2.27. The van der Waals surface area contributed by atoms with Gasteiger partial charge in [0, 0.05) is 11.8 Å². The van der Waals surface area contributed by atoms with Crippen LogP contribution in [0, 0.1) is 18.3 Å². The maximum Gasteiger partial charge on any atom is 0.0631 e. The van der Waals surface area contributed by atoms with Gasteiger partial charge in [-0.15, -0.1) is 0 Å². The van der Waals surface area contributed by atoms with Crippen LogP contribution in [0.2, 0.25) is 0 Å². The van der Waals surface area contributed by atoms with Crippen LogP contribution in [0.15, 0.2) is 24.3 Å². The number of aryl methyl sites for hydroxylation is 1. The normalized spacial score (nSPS) is 19.6. The third-order valence-electron chi connectivity index (χ3n) is 4.36. The van der Waals surface area contributed by atoms with E-state index in [2.05, 4.69) is 37.3 Å². The number of hydrogen-bond acceptors (Lipinski definition) is 1. The van der Waals surface area contributed by atoms with E-state index in [1.54, 1.807) is 0 Å². The van der Waals surface area contributed by atoms with E-state index >= 15 is 0 Å². The minimum atomic E-state index is 0.126. The van der Waals surface area contributed by atoms with E-state index in [0.29, 0.717) is 6.42 Å². The molecule has 96 valence electrons. The Balaban J connectivity index is 2.32. The van der Waals surface area contributed by atoms with Crippen molar-refractivity contribution in [2.75, 3.05) is 0 Å². The number of hydrogen-bond donors (Lipinski definition) is 0. The van der Waals surface area contributed by atoms with Crippen LogP contribution in [0.3, 0.4) is 0 Å². The number of rotatable bonds is 2. The molecule has 0 aliphatic heterocycles. The van der Waals surface area contributed by atoms with Gasteiger partial charge in [-0.2, -0.15) is 5.26 Å². The molecule has 0 bridgehead atoms. The zero-order valence-electron chi connectivity index (χ0n) is 11.4. The van der Waals surface area contributed by atoms with Crippen LogP contribution in [0.4, 0.5) is 0 Å². The Morgan fingerprint density at radius 3 is 2.39 bits per heavy atom. The van der Waals surface area contributed by atoms with Crippen molar-refractivity contribution in [3.8, 4) is 6.07 Å². The average molecular weight is 241 g/mol. The summed E-state index contributed by atoms with van der Waals surface area (Å²) in [6, 6.07) is 11.2. The van der Waals surface area contributed by atoms with Crippen LogP contribution in [-0.2, 0) is 5.41 Å². The summed E-state index contributed by atoms with van der Waals surface area (Å²) in [5.74, 6) is 0. The molecule has 1 aliphatic rings. The molecular formula is C17H23N. The standard InChI is InChI=1S/C17H23N/c1-15-8-7-9-16(14-15)17(12-13-18)10-5-3-2-4-6-11-17/h7-9,14H,2-6,10-12H2,1H3. The van der Waals surface area contributed by atoms with Crippen molar-refractivity contribution in [2.45, 2.75) is 63.7 Å². The summed E-state index contributed by atoms with van der Waals surface area (Å²) in [4.78, 5) is 0. The second-order valence-electron chi connectivity index (χ2n) is 5.75. The van der Waals surface area contributed by atoms with Gasteiger partial charge in [-0.3, -0.25) is 0 Å². The molecule has 0 radical (unpaired) electrons. The zero-order chi connectivity index (χ0) is 12.8. The Hall–Kier alpha value is -1.29. The van der Waals surface area contributed by atoms with Gasteiger partial charge in [0.25, 0.3) is 0 Å². The van der Waals surface area contributed by atoms with Crippen LogP contribution in [0.5, 0.6) is 0 Å². The minimum Gasteiger partial charge on any atom is -0.198 e. The van der Waals surface area contributed by atoms with Crippen LogP contribution in [-0.4, -0.2) is 0 Å². The molecular weight excluding hydrogens is 218 g/mol. The molecule has 0 amide bonds. The SMILES string of the molecule is Cc1cccc(C2(CC#N)CCCCCCC2)c1. The molecule has 0 saturated heterocycles. The highest BCUT2D eigenvalue weighted by molar-refractivity contribution is 5.31. The van der Waals surface area contributed by atoms with E-state index in [0.717, 1.165) is 0 Å². The summed E-state index contributed by atoms with van der Waals surface area (Å²) >= 11 is 0.